The molecule has 0 saturated heterocycles. The minimum atomic E-state index is -0.729. The summed E-state index contributed by atoms with van der Waals surface area (Å²) in [5, 5.41) is 7.08. The van der Waals surface area contributed by atoms with Gasteiger partial charge in [0.2, 0.25) is 0 Å². The Morgan fingerprint density at radius 1 is 1.27 bits per heavy atom. The van der Waals surface area contributed by atoms with Crippen LogP contribution in [0.25, 0.3) is 5.78 Å². The fraction of sp³-hybridized carbons (Fsp3) is 0.611. The molecule has 0 aliphatic heterocycles. The van der Waals surface area contributed by atoms with Crippen LogP contribution in [-0.4, -0.2) is 44.1 Å². The van der Waals surface area contributed by atoms with E-state index in [1.807, 2.05) is 19.9 Å². The number of ether oxygens (including phenoxy) is 1. The van der Waals surface area contributed by atoms with Gasteiger partial charge < -0.3 is 10.1 Å². The second-order valence-corrected chi connectivity index (χ2v) is 7.20. The van der Waals surface area contributed by atoms with Gasteiger partial charge in [-0.05, 0) is 38.2 Å². The molecule has 1 saturated carbocycles. The summed E-state index contributed by atoms with van der Waals surface area (Å²) in [6, 6.07) is 1.98. The molecule has 1 aliphatic carbocycles. The number of nitrogens with one attached hydrogen (secondary N) is 1. The van der Waals surface area contributed by atoms with Crippen molar-refractivity contribution in [2.75, 3.05) is 6.61 Å². The number of amides is 1. The Morgan fingerprint density at radius 3 is 2.81 bits per heavy atom. The first-order valence-corrected chi connectivity index (χ1v) is 9.02. The van der Waals surface area contributed by atoms with E-state index in [9.17, 15) is 9.59 Å². The molecule has 1 amide bonds. The number of nitrogens with zero attached hydrogens (tertiary/aromatic N) is 4. The lowest BCUT2D eigenvalue weighted by atomic mass is 9.78. The SMILES string of the molecule is Cc1cc(C)n2nc(C(=O)OCC(=O)N[C@@H]3CCC[C@H](C)[C@H]3C)nc2n1. The molecule has 0 unspecified atom stereocenters. The zero-order valence-corrected chi connectivity index (χ0v) is 15.7. The Hall–Kier alpha value is -2.51. The molecule has 0 spiro atoms. The average molecular weight is 359 g/mol. The number of aromatic nitrogens is 4. The highest BCUT2D eigenvalue weighted by Gasteiger charge is 2.28. The maximum Gasteiger partial charge on any atom is 0.378 e. The van der Waals surface area contributed by atoms with Crippen molar-refractivity contribution in [3.63, 3.8) is 0 Å². The van der Waals surface area contributed by atoms with Crippen LogP contribution in [0.3, 0.4) is 0 Å². The highest BCUT2D eigenvalue weighted by atomic mass is 16.5. The molecule has 0 radical (unpaired) electrons. The van der Waals surface area contributed by atoms with Crippen molar-refractivity contribution in [2.24, 2.45) is 11.8 Å². The molecule has 3 atom stereocenters. The van der Waals surface area contributed by atoms with Gasteiger partial charge in [0.1, 0.15) is 0 Å². The molecule has 140 valence electrons. The highest BCUT2D eigenvalue weighted by Crippen LogP contribution is 2.29. The molecule has 1 fully saturated rings. The number of aryl methyl sites for hydroxylation is 2. The third-order valence-electron chi connectivity index (χ3n) is 5.19. The van der Waals surface area contributed by atoms with Crippen LogP contribution >= 0.6 is 0 Å². The molecule has 0 aromatic carbocycles. The van der Waals surface area contributed by atoms with Crippen LogP contribution in [-0.2, 0) is 9.53 Å². The summed E-state index contributed by atoms with van der Waals surface area (Å²) in [7, 11) is 0. The standard InChI is InChI=1S/C18H25N5O3/c1-10-6-5-7-14(13(10)4)20-15(24)9-26-17(25)16-21-18-19-11(2)8-12(3)23(18)22-16/h8,10,13-14H,5-7,9H2,1-4H3,(H,20,24)/t10-,13+,14+/m0/s1. The molecule has 3 rings (SSSR count). The van der Waals surface area contributed by atoms with Crippen LogP contribution in [0.1, 0.15) is 55.1 Å². The van der Waals surface area contributed by atoms with E-state index in [0.29, 0.717) is 17.6 Å². The number of hydrogen-bond acceptors (Lipinski definition) is 6. The summed E-state index contributed by atoms with van der Waals surface area (Å²) in [6.45, 7) is 7.72. The molecule has 0 bridgehead atoms. The second kappa shape index (κ2) is 7.39. The van der Waals surface area contributed by atoms with Crippen molar-refractivity contribution in [2.45, 2.75) is 53.0 Å². The minimum absolute atomic E-state index is 0.0985. The second-order valence-electron chi connectivity index (χ2n) is 7.20. The first-order chi connectivity index (χ1) is 12.3. The van der Waals surface area contributed by atoms with Crippen LogP contribution in [0.2, 0.25) is 0 Å². The summed E-state index contributed by atoms with van der Waals surface area (Å²) in [4.78, 5) is 32.6. The molecule has 26 heavy (non-hydrogen) atoms. The Morgan fingerprint density at radius 2 is 2.04 bits per heavy atom. The van der Waals surface area contributed by atoms with E-state index in [0.717, 1.165) is 24.2 Å². The summed E-state index contributed by atoms with van der Waals surface area (Å²) in [6.07, 6.45) is 3.26. The van der Waals surface area contributed by atoms with Gasteiger partial charge in [0.25, 0.3) is 17.5 Å². The Kier molecular flexibility index (Phi) is 5.20. The lowest BCUT2D eigenvalue weighted by Gasteiger charge is -2.34. The van der Waals surface area contributed by atoms with E-state index in [-0.39, 0.29) is 24.4 Å². The van der Waals surface area contributed by atoms with Gasteiger partial charge >= 0.3 is 5.97 Å². The highest BCUT2D eigenvalue weighted by molar-refractivity contribution is 5.88. The summed E-state index contributed by atoms with van der Waals surface area (Å²) in [5.41, 5.74) is 1.61. The number of hydrogen-bond donors (Lipinski definition) is 1. The van der Waals surface area contributed by atoms with Crippen LogP contribution in [0.4, 0.5) is 0 Å². The van der Waals surface area contributed by atoms with Gasteiger partial charge in [-0.15, -0.1) is 5.10 Å². The molecule has 2 aromatic heterocycles. The maximum absolute atomic E-state index is 12.2. The minimum Gasteiger partial charge on any atom is -0.450 e. The van der Waals surface area contributed by atoms with Gasteiger partial charge in [0.05, 0.1) is 0 Å². The first kappa shape index (κ1) is 18.3. The quantitative estimate of drug-likeness (QED) is 0.837. The molecule has 8 heteroatoms. The predicted octanol–water partition coefficient (Wildman–Crippen LogP) is 1.84. The van der Waals surface area contributed by atoms with Gasteiger partial charge in [-0.3, -0.25) is 4.79 Å². The lowest BCUT2D eigenvalue weighted by Crippen LogP contribution is -2.45. The third kappa shape index (κ3) is 3.84. The number of carbonyl (C=O) groups is 2. The van der Waals surface area contributed by atoms with Crippen molar-refractivity contribution in [1.29, 1.82) is 0 Å². The smallest absolute Gasteiger partial charge is 0.378 e. The fourth-order valence-corrected chi connectivity index (χ4v) is 3.48. The average Bonchev–Trinajstić information content (AvgIpc) is 3.01. The number of rotatable bonds is 4. The molecule has 2 aromatic rings. The van der Waals surface area contributed by atoms with Gasteiger partial charge in [0, 0.05) is 17.4 Å². The monoisotopic (exact) mass is 359 g/mol. The van der Waals surface area contributed by atoms with Gasteiger partial charge in [-0.1, -0.05) is 26.7 Å². The van der Waals surface area contributed by atoms with E-state index in [1.165, 1.54) is 10.9 Å². The van der Waals surface area contributed by atoms with E-state index >= 15 is 0 Å². The van der Waals surface area contributed by atoms with Crippen molar-refractivity contribution in [3.8, 4) is 0 Å². The molecular formula is C18H25N5O3. The number of carbonyl (C=O) groups excluding carboxylic acids is 2. The molecule has 2 heterocycles. The normalized spacial score (nSPS) is 23.0. The molecule has 8 nitrogen and oxygen atoms in total. The summed E-state index contributed by atoms with van der Waals surface area (Å²) < 4.78 is 6.56. The fourth-order valence-electron chi connectivity index (χ4n) is 3.48. The zero-order chi connectivity index (χ0) is 18.8. The van der Waals surface area contributed by atoms with Gasteiger partial charge in [-0.25, -0.2) is 14.3 Å². The van der Waals surface area contributed by atoms with Crippen LogP contribution in [0.15, 0.2) is 6.07 Å². The van der Waals surface area contributed by atoms with Crippen molar-refractivity contribution in [1.82, 2.24) is 24.9 Å². The van der Waals surface area contributed by atoms with Gasteiger partial charge in [-0.2, -0.15) is 4.98 Å². The lowest BCUT2D eigenvalue weighted by molar-refractivity contribution is -0.125. The first-order valence-electron chi connectivity index (χ1n) is 9.02. The van der Waals surface area contributed by atoms with Crippen LogP contribution < -0.4 is 5.32 Å². The third-order valence-corrected chi connectivity index (χ3v) is 5.19. The van der Waals surface area contributed by atoms with Crippen molar-refractivity contribution >= 4 is 17.7 Å². The predicted molar refractivity (Wildman–Crippen MR) is 94.6 cm³/mol. The Labute approximate surface area is 152 Å². The Bertz CT molecular complexity index is 832. The van der Waals surface area contributed by atoms with Crippen LogP contribution in [0, 0.1) is 25.7 Å². The van der Waals surface area contributed by atoms with E-state index in [2.05, 4.69) is 34.2 Å². The summed E-state index contributed by atoms with van der Waals surface area (Å²) >= 11 is 0. The molecule has 1 N–H and O–H groups in total. The number of esters is 1. The van der Waals surface area contributed by atoms with Crippen molar-refractivity contribution in [3.05, 3.63) is 23.3 Å². The Balaban J connectivity index is 1.58. The topological polar surface area (TPSA) is 98.5 Å². The van der Waals surface area contributed by atoms with Crippen molar-refractivity contribution < 1.29 is 14.3 Å². The van der Waals surface area contributed by atoms with E-state index < -0.39 is 5.97 Å². The largest absolute Gasteiger partial charge is 0.450 e. The van der Waals surface area contributed by atoms with E-state index in [4.69, 9.17) is 4.74 Å². The molecular weight excluding hydrogens is 334 g/mol. The summed E-state index contributed by atoms with van der Waals surface area (Å²) in [5.74, 6) is 0.215. The zero-order valence-electron chi connectivity index (χ0n) is 15.7. The maximum atomic E-state index is 12.2. The molecule has 1 aliphatic rings. The van der Waals surface area contributed by atoms with E-state index in [1.54, 1.807) is 0 Å². The van der Waals surface area contributed by atoms with Crippen LogP contribution in [0.5, 0.6) is 0 Å². The number of fused-ring (bicyclic) bond motifs is 1. The van der Waals surface area contributed by atoms with Gasteiger partial charge in [0.15, 0.2) is 6.61 Å².